The van der Waals surface area contributed by atoms with Crippen molar-refractivity contribution in [2.24, 2.45) is 0 Å². The predicted molar refractivity (Wildman–Crippen MR) is 52.8 cm³/mol. The van der Waals surface area contributed by atoms with Crippen LogP contribution in [0, 0.1) is 0 Å². The van der Waals surface area contributed by atoms with Crippen molar-refractivity contribution in [2.45, 2.75) is 25.7 Å². The maximum Gasteiger partial charge on any atom is 0.163 e. The van der Waals surface area contributed by atoms with E-state index in [4.69, 9.17) is 5.73 Å². The average molecular weight is 175 g/mol. The van der Waals surface area contributed by atoms with Crippen LogP contribution in [0.5, 0.6) is 0 Å². The van der Waals surface area contributed by atoms with Crippen molar-refractivity contribution in [3.63, 3.8) is 0 Å². The van der Waals surface area contributed by atoms with Crippen molar-refractivity contribution in [3.8, 4) is 0 Å². The summed E-state index contributed by atoms with van der Waals surface area (Å²) in [4.78, 5) is 11.5. The lowest BCUT2D eigenvalue weighted by molar-refractivity contribution is 0.0968. The van der Waals surface area contributed by atoms with Crippen molar-refractivity contribution < 1.29 is 4.79 Å². The van der Waals surface area contributed by atoms with Gasteiger partial charge in [0.1, 0.15) is 0 Å². The molecule has 0 amide bonds. The van der Waals surface area contributed by atoms with Crippen molar-refractivity contribution in [3.05, 3.63) is 29.3 Å². The zero-order valence-corrected chi connectivity index (χ0v) is 7.71. The summed E-state index contributed by atoms with van der Waals surface area (Å²) < 4.78 is 0. The fourth-order valence-corrected chi connectivity index (χ4v) is 1.88. The Balaban J connectivity index is 2.57. The quantitative estimate of drug-likeness (QED) is 0.615. The van der Waals surface area contributed by atoms with E-state index in [-0.39, 0.29) is 5.78 Å². The third-order valence-corrected chi connectivity index (χ3v) is 2.71. The monoisotopic (exact) mass is 175 g/mol. The van der Waals surface area contributed by atoms with E-state index in [1.807, 2.05) is 12.1 Å². The van der Waals surface area contributed by atoms with E-state index in [0.717, 1.165) is 17.5 Å². The molecule has 0 aliphatic heterocycles. The lowest BCUT2D eigenvalue weighted by Gasteiger charge is -2.21. The van der Waals surface area contributed by atoms with E-state index in [9.17, 15) is 4.79 Å². The number of carbonyl (C=O) groups is 1. The number of nitrogens with two attached hydrogens (primary N) is 1. The van der Waals surface area contributed by atoms with Gasteiger partial charge in [0.25, 0.3) is 0 Å². The first kappa shape index (κ1) is 8.30. The molecule has 0 heterocycles. The summed E-state index contributed by atoms with van der Waals surface area (Å²) in [5, 5.41) is 0. The molecular formula is C11H13NO. The lowest BCUT2D eigenvalue weighted by Crippen LogP contribution is -2.14. The summed E-state index contributed by atoms with van der Waals surface area (Å²) in [6, 6.07) is 5.65. The van der Waals surface area contributed by atoms with Crippen LogP contribution in [-0.2, 0) is 0 Å². The van der Waals surface area contributed by atoms with Crippen LogP contribution in [0.3, 0.4) is 0 Å². The first-order valence-corrected chi connectivity index (χ1v) is 4.61. The minimum absolute atomic E-state index is 0.236. The van der Waals surface area contributed by atoms with Crippen molar-refractivity contribution in [1.82, 2.24) is 0 Å². The van der Waals surface area contributed by atoms with Crippen LogP contribution in [0.2, 0.25) is 0 Å². The van der Waals surface area contributed by atoms with Crippen molar-refractivity contribution in [1.29, 1.82) is 0 Å². The van der Waals surface area contributed by atoms with E-state index < -0.39 is 0 Å². The average Bonchev–Trinajstić information content (AvgIpc) is 2.12. The van der Waals surface area contributed by atoms with Gasteiger partial charge in [-0.05, 0) is 30.0 Å². The lowest BCUT2D eigenvalue weighted by atomic mass is 9.83. The highest BCUT2D eigenvalue weighted by atomic mass is 16.1. The number of rotatable bonds is 0. The summed E-state index contributed by atoms with van der Waals surface area (Å²) in [6.45, 7) is 2.15. The first-order valence-electron chi connectivity index (χ1n) is 4.61. The van der Waals surface area contributed by atoms with Crippen LogP contribution < -0.4 is 5.73 Å². The van der Waals surface area contributed by atoms with E-state index in [1.165, 1.54) is 0 Å². The Morgan fingerprint density at radius 2 is 2.23 bits per heavy atom. The summed E-state index contributed by atoms with van der Waals surface area (Å²) >= 11 is 0. The van der Waals surface area contributed by atoms with Crippen LogP contribution in [0.1, 0.15) is 41.6 Å². The molecule has 0 saturated heterocycles. The molecule has 2 heteroatoms. The highest BCUT2D eigenvalue weighted by Crippen LogP contribution is 2.31. The Kier molecular flexibility index (Phi) is 1.83. The Bertz CT molecular complexity index is 357. The first-order chi connectivity index (χ1) is 6.18. The minimum atomic E-state index is 0.236. The number of carbonyl (C=O) groups excluding carboxylic acids is 1. The Hall–Kier alpha value is -1.31. The summed E-state index contributed by atoms with van der Waals surface area (Å²) in [5.41, 5.74) is 8.31. The maximum atomic E-state index is 11.5. The zero-order valence-electron chi connectivity index (χ0n) is 7.71. The smallest absolute Gasteiger partial charge is 0.163 e. The molecule has 0 bridgehead atoms. The van der Waals surface area contributed by atoms with E-state index in [0.29, 0.717) is 18.0 Å². The van der Waals surface area contributed by atoms with Gasteiger partial charge in [0.15, 0.2) is 5.78 Å². The Labute approximate surface area is 77.8 Å². The highest BCUT2D eigenvalue weighted by molar-refractivity contribution is 5.99. The number of Topliss-reactive ketones (excluding diaryl/α,β-unsaturated/α-hetero) is 1. The SMILES string of the molecule is C[C@H]1CCC(=O)c2cc(N)ccc21. The number of fused-ring (bicyclic) bond motifs is 1. The van der Waals surface area contributed by atoms with Crippen LogP contribution in [0.4, 0.5) is 5.69 Å². The van der Waals surface area contributed by atoms with E-state index in [1.54, 1.807) is 6.07 Å². The van der Waals surface area contributed by atoms with Gasteiger partial charge in [-0.25, -0.2) is 0 Å². The van der Waals surface area contributed by atoms with Gasteiger partial charge in [-0.15, -0.1) is 0 Å². The molecule has 68 valence electrons. The van der Waals surface area contributed by atoms with Crippen molar-refractivity contribution in [2.75, 3.05) is 5.73 Å². The molecule has 0 saturated carbocycles. The molecule has 0 unspecified atom stereocenters. The molecule has 0 radical (unpaired) electrons. The fraction of sp³-hybridized carbons (Fsp3) is 0.364. The molecule has 1 atom stereocenters. The van der Waals surface area contributed by atoms with Crippen LogP contribution in [0.15, 0.2) is 18.2 Å². The Morgan fingerprint density at radius 3 is 3.00 bits per heavy atom. The summed E-state index contributed by atoms with van der Waals surface area (Å²) in [6.07, 6.45) is 1.63. The maximum absolute atomic E-state index is 11.5. The number of benzene rings is 1. The third kappa shape index (κ3) is 1.32. The zero-order chi connectivity index (χ0) is 9.42. The normalized spacial score (nSPS) is 21.3. The van der Waals surface area contributed by atoms with Crippen LogP contribution in [0.25, 0.3) is 0 Å². The number of anilines is 1. The molecule has 0 fully saturated rings. The molecule has 2 N–H and O–H groups in total. The molecule has 1 aliphatic carbocycles. The molecular weight excluding hydrogens is 162 g/mol. The third-order valence-electron chi connectivity index (χ3n) is 2.71. The highest BCUT2D eigenvalue weighted by Gasteiger charge is 2.22. The van der Waals surface area contributed by atoms with Gasteiger partial charge in [-0.1, -0.05) is 13.0 Å². The molecule has 1 aromatic carbocycles. The number of hydrogen-bond acceptors (Lipinski definition) is 2. The minimum Gasteiger partial charge on any atom is -0.399 e. The number of ketones is 1. The van der Waals surface area contributed by atoms with E-state index >= 15 is 0 Å². The molecule has 2 rings (SSSR count). The largest absolute Gasteiger partial charge is 0.399 e. The van der Waals surface area contributed by atoms with Gasteiger partial charge in [-0.2, -0.15) is 0 Å². The van der Waals surface area contributed by atoms with E-state index in [2.05, 4.69) is 6.92 Å². The van der Waals surface area contributed by atoms with Gasteiger partial charge in [0.2, 0.25) is 0 Å². The molecule has 1 aromatic rings. The standard InChI is InChI=1S/C11H13NO/c1-7-2-5-11(13)10-6-8(12)3-4-9(7)10/h3-4,6-7H,2,5,12H2,1H3/t7-/m0/s1. The number of hydrogen-bond donors (Lipinski definition) is 1. The van der Waals surface area contributed by atoms with Gasteiger partial charge < -0.3 is 5.73 Å². The van der Waals surface area contributed by atoms with Crippen molar-refractivity contribution >= 4 is 11.5 Å². The summed E-state index contributed by atoms with van der Waals surface area (Å²) in [5.74, 6) is 0.730. The second-order valence-electron chi connectivity index (χ2n) is 3.71. The molecule has 13 heavy (non-hydrogen) atoms. The number of nitrogen functional groups attached to an aromatic ring is 1. The second kappa shape index (κ2) is 2.87. The predicted octanol–water partition coefficient (Wildman–Crippen LogP) is 2.35. The van der Waals surface area contributed by atoms with Crippen LogP contribution >= 0.6 is 0 Å². The summed E-state index contributed by atoms with van der Waals surface area (Å²) in [7, 11) is 0. The molecule has 2 nitrogen and oxygen atoms in total. The van der Waals surface area contributed by atoms with Gasteiger partial charge in [-0.3, -0.25) is 4.79 Å². The fourth-order valence-electron chi connectivity index (χ4n) is 1.88. The van der Waals surface area contributed by atoms with Gasteiger partial charge in [0.05, 0.1) is 0 Å². The molecule has 0 aromatic heterocycles. The molecule has 0 spiro atoms. The Morgan fingerprint density at radius 1 is 1.46 bits per heavy atom. The topological polar surface area (TPSA) is 43.1 Å². The van der Waals surface area contributed by atoms with Gasteiger partial charge in [0, 0.05) is 17.7 Å². The van der Waals surface area contributed by atoms with Crippen LogP contribution in [-0.4, -0.2) is 5.78 Å². The molecule has 1 aliphatic rings. The second-order valence-corrected chi connectivity index (χ2v) is 3.71. The van der Waals surface area contributed by atoms with Gasteiger partial charge >= 0.3 is 0 Å².